The van der Waals surface area contributed by atoms with Crippen LogP contribution in [0.3, 0.4) is 0 Å². The first-order valence-electron chi connectivity index (χ1n) is 9.18. The Morgan fingerprint density at radius 3 is 2.77 bits per heavy atom. The fourth-order valence-corrected chi connectivity index (χ4v) is 3.93. The second-order valence-corrected chi connectivity index (χ2v) is 8.34. The predicted octanol–water partition coefficient (Wildman–Crippen LogP) is 2.54. The van der Waals surface area contributed by atoms with Crippen LogP contribution in [0.4, 0.5) is 10.8 Å². The molecule has 2 heterocycles. The maximum atomic E-state index is 12.5. The number of carbonyl (C=O) groups excluding carboxylic acids is 2. The first kappa shape index (κ1) is 22.4. The van der Waals surface area contributed by atoms with Crippen LogP contribution in [0.15, 0.2) is 42.1 Å². The van der Waals surface area contributed by atoms with E-state index in [0.717, 1.165) is 5.01 Å². The zero-order valence-electron chi connectivity index (χ0n) is 17.0. The average molecular weight is 460 g/mol. The van der Waals surface area contributed by atoms with E-state index in [-0.39, 0.29) is 24.0 Å². The number of benzene rings is 1. The average Bonchev–Trinajstić information content (AvgIpc) is 3.32. The van der Waals surface area contributed by atoms with Gasteiger partial charge in [-0.3, -0.25) is 14.9 Å². The van der Waals surface area contributed by atoms with E-state index in [1.165, 1.54) is 23.1 Å². The molecule has 162 valence electrons. The summed E-state index contributed by atoms with van der Waals surface area (Å²) in [5.74, 6) is 0.763. The Hall–Kier alpha value is -3.25. The Balaban J connectivity index is 1.61. The van der Waals surface area contributed by atoms with E-state index in [0.29, 0.717) is 34.1 Å². The van der Waals surface area contributed by atoms with E-state index in [4.69, 9.17) is 4.74 Å². The van der Waals surface area contributed by atoms with Gasteiger partial charge in [0.05, 0.1) is 19.3 Å². The van der Waals surface area contributed by atoms with Crippen molar-refractivity contribution in [3.8, 4) is 5.75 Å². The minimum Gasteiger partial charge on any atom is -0.497 e. The molecule has 2 aromatic heterocycles. The van der Waals surface area contributed by atoms with Crippen molar-refractivity contribution in [3.63, 3.8) is 0 Å². The summed E-state index contributed by atoms with van der Waals surface area (Å²) in [5, 5.41) is 23.2. The van der Waals surface area contributed by atoms with E-state index < -0.39 is 0 Å². The fraction of sp³-hybridized carbons (Fsp3) is 0.263. The molecular formula is C19H21N7O3S2. The lowest BCUT2D eigenvalue weighted by Crippen LogP contribution is -2.18. The van der Waals surface area contributed by atoms with Crippen molar-refractivity contribution >= 4 is 45.7 Å². The number of nitrogens with one attached hydrogen (secondary N) is 2. The molecular weight excluding hydrogens is 438 g/mol. The molecule has 0 aliphatic rings. The van der Waals surface area contributed by atoms with E-state index >= 15 is 0 Å². The van der Waals surface area contributed by atoms with Gasteiger partial charge in [-0.25, -0.2) is 0 Å². The molecule has 0 radical (unpaired) electrons. The molecule has 10 nitrogen and oxygen atoms in total. The summed E-state index contributed by atoms with van der Waals surface area (Å²) < 4.78 is 6.92. The molecule has 0 saturated heterocycles. The Labute approximate surface area is 187 Å². The monoisotopic (exact) mass is 459 g/mol. The van der Waals surface area contributed by atoms with Crippen molar-refractivity contribution in [1.82, 2.24) is 25.0 Å². The normalized spacial score (nSPS) is 10.5. The van der Waals surface area contributed by atoms with Gasteiger partial charge in [0, 0.05) is 18.3 Å². The lowest BCUT2D eigenvalue weighted by molar-refractivity contribution is -0.116. The van der Waals surface area contributed by atoms with Crippen molar-refractivity contribution in [1.29, 1.82) is 0 Å². The van der Waals surface area contributed by atoms with Crippen LogP contribution in [0.1, 0.15) is 10.8 Å². The minimum absolute atomic E-state index is 0.0227. The van der Waals surface area contributed by atoms with Crippen molar-refractivity contribution in [3.05, 3.63) is 47.8 Å². The van der Waals surface area contributed by atoms with E-state index in [1.54, 1.807) is 42.0 Å². The smallest absolute Gasteiger partial charge is 0.236 e. The lowest BCUT2D eigenvalue weighted by Gasteiger charge is -2.09. The predicted molar refractivity (Wildman–Crippen MR) is 120 cm³/mol. The standard InChI is InChI=1S/C19H21N7O3S2/c1-4-8-26-15(10-16(27)20-13-6-5-7-14(9-13)29-3)23-25-19(26)30-11-17(28)21-18-24-22-12(2)31-18/h4-7,9H,1,8,10-11H2,2-3H3,(H,20,27)(H,21,24,28). The Morgan fingerprint density at radius 2 is 2.06 bits per heavy atom. The van der Waals surface area contributed by atoms with Gasteiger partial charge in [-0.05, 0) is 19.1 Å². The number of methoxy groups -OCH3 is 1. The quantitative estimate of drug-likeness (QED) is 0.350. The number of nitrogens with zero attached hydrogens (tertiary/aromatic N) is 5. The van der Waals surface area contributed by atoms with Crippen molar-refractivity contribution < 1.29 is 14.3 Å². The highest BCUT2D eigenvalue weighted by Gasteiger charge is 2.17. The zero-order chi connectivity index (χ0) is 22.2. The maximum absolute atomic E-state index is 12.5. The van der Waals surface area contributed by atoms with Gasteiger partial charge < -0.3 is 14.6 Å². The number of aromatic nitrogens is 5. The molecule has 0 saturated carbocycles. The molecule has 0 aliphatic heterocycles. The Kier molecular flexibility index (Phi) is 7.73. The highest BCUT2D eigenvalue weighted by atomic mass is 32.2. The SMILES string of the molecule is C=CCn1c(CC(=O)Nc2cccc(OC)c2)nnc1SCC(=O)Nc1nnc(C)s1. The molecule has 0 bridgehead atoms. The number of ether oxygens (including phenoxy) is 1. The first-order chi connectivity index (χ1) is 15.0. The molecule has 3 rings (SSSR count). The topological polar surface area (TPSA) is 124 Å². The Morgan fingerprint density at radius 1 is 1.23 bits per heavy atom. The third kappa shape index (κ3) is 6.36. The molecule has 12 heteroatoms. The largest absolute Gasteiger partial charge is 0.497 e. The van der Waals surface area contributed by atoms with Gasteiger partial charge in [0.2, 0.25) is 16.9 Å². The molecule has 0 unspecified atom stereocenters. The van der Waals surface area contributed by atoms with Crippen LogP contribution < -0.4 is 15.4 Å². The number of hydrogen-bond acceptors (Lipinski definition) is 9. The van der Waals surface area contributed by atoms with Crippen LogP contribution in [0.2, 0.25) is 0 Å². The number of rotatable bonds is 10. The van der Waals surface area contributed by atoms with Crippen molar-refractivity contribution in [2.24, 2.45) is 0 Å². The van der Waals surface area contributed by atoms with Gasteiger partial charge in [0.1, 0.15) is 16.6 Å². The number of anilines is 2. The van der Waals surface area contributed by atoms with Crippen LogP contribution in [-0.4, -0.2) is 49.6 Å². The minimum atomic E-state index is -0.244. The lowest BCUT2D eigenvalue weighted by atomic mass is 10.3. The van der Waals surface area contributed by atoms with E-state index in [1.807, 2.05) is 6.92 Å². The molecule has 0 atom stereocenters. The zero-order valence-corrected chi connectivity index (χ0v) is 18.6. The maximum Gasteiger partial charge on any atom is 0.236 e. The van der Waals surface area contributed by atoms with Gasteiger partial charge >= 0.3 is 0 Å². The van der Waals surface area contributed by atoms with Gasteiger partial charge in [-0.2, -0.15) is 0 Å². The second-order valence-electron chi connectivity index (χ2n) is 6.22. The summed E-state index contributed by atoms with van der Waals surface area (Å²) in [6, 6.07) is 7.08. The number of aryl methyl sites for hydroxylation is 1. The molecule has 0 spiro atoms. The third-order valence-electron chi connectivity index (χ3n) is 3.88. The number of allylic oxidation sites excluding steroid dienone is 1. The molecule has 3 aromatic rings. The number of carbonyl (C=O) groups is 2. The van der Waals surface area contributed by atoms with E-state index in [2.05, 4.69) is 37.6 Å². The molecule has 31 heavy (non-hydrogen) atoms. The van der Waals surface area contributed by atoms with Crippen LogP contribution in [0, 0.1) is 6.92 Å². The van der Waals surface area contributed by atoms with Crippen molar-refractivity contribution in [2.45, 2.75) is 25.0 Å². The van der Waals surface area contributed by atoms with Crippen LogP contribution in [0.5, 0.6) is 5.75 Å². The molecule has 2 N–H and O–H groups in total. The fourth-order valence-electron chi connectivity index (χ4n) is 2.55. The van der Waals surface area contributed by atoms with Gasteiger partial charge in [-0.15, -0.1) is 27.0 Å². The van der Waals surface area contributed by atoms with Crippen molar-refractivity contribution in [2.75, 3.05) is 23.5 Å². The van der Waals surface area contributed by atoms with Gasteiger partial charge in [0.15, 0.2) is 5.16 Å². The highest BCUT2D eigenvalue weighted by molar-refractivity contribution is 7.99. The number of hydrogen-bond donors (Lipinski definition) is 2. The number of amides is 2. The highest BCUT2D eigenvalue weighted by Crippen LogP contribution is 2.20. The number of thioether (sulfide) groups is 1. The summed E-state index contributed by atoms with van der Waals surface area (Å²) in [7, 11) is 1.56. The Bertz CT molecular complexity index is 1080. The molecule has 0 fully saturated rings. The summed E-state index contributed by atoms with van der Waals surface area (Å²) >= 11 is 2.52. The summed E-state index contributed by atoms with van der Waals surface area (Å²) in [5.41, 5.74) is 0.623. The van der Waals surface area contributed by atoms with E-state index in [9.17, 15) is 9.59 Å². The second kappa shape index (κ2) is 10.7. The molecule has 0 aliphatic carbocycles. The van der Waals surface area contributed by atoms with Gasteiger partial charge in [0.25, 0.3) is 0 Å². The molecule has 1 aromatic carbocycles. The summed E-state index contributed by atoms with van der Waals surface area (Å²) in [6.45, 7) is 5.97. The summed E-state index contributed by atoms with van der Waals surface area (Å²) in [4.78, 5) is 24.6. The van der Waals surface area contributed by atoms with Crippen LogP contribution in [-0.2, 0) is 22.6 Å². The van der Waals surface area contributed by atoms with Gasteiger partial charge in [-0.1, -0.05) is 35.2 Å². The van der Waals surface area contributed by atoms with Crippen LogP contribution in [0.25, 0.3) is 0 Å². The summed E-state index contributed by atoms with van der Waals surface area (Å²) in [6.07, 6.45) is 1.70. The molecule has 2 amide bonds. The third-order valence-corrected chi connectivity index (χ3v) is 5.60. The first-order valence-corrected chi connectivity index (χ1v) is 11.0. The van der Waals surface area contributed by atoms with Crippen LogP contribution >= 0.6 is 23.1 Å².